The summed E-state index contributed by atoms with van der Waals surface area (Å²) in [6.45, 7) is 7.98. The maximum atomic E-state index is 8.97. The molecule has 0 radical (unpaired) electrons. The number of fused-ring (bicyclic) bond motifs is 1. The molecule has 2 fully saturated rings. The Hall–Kier alpha value is -2.15. The van der Waals surface area contributed by atoms with Gasteiger partial charge in [-0.05, 0) is 30.2 Å². The lowest BCUT2D eigenvalue weighted by Gasteiger charge is -2.36. The molecule has 2 saturated heterocycles. The second-order valence-electron chi connectivity index (χ2n) is 7.82. The second-order valence-corrected chi connectivity index (χ2v) is 7.82. The largest absolute Gasteiger partial charge is 0.373 e. The van der Waals surface area contributed by atoms with Crippen molar-refractivity contribution in [3.63, 3.8) is 0 Å². The maximum absolute atomic E-state index is 8.97. The molecule has 2 aliphatic heterocycles. The molecule has 0 saturated carbocycles. The monoisotopic (exact) mass is 531 g/mol. The van der Waals surface area contributed by atoms with Gasteiger partial charge in [0, 0.05) is 32.7 Å². The number of nitrogens with one attached hydrogen (secondary N) is 1. The molecule has 7 heteroatoms. The molecule has 0 bridgehead atoms. The van der Waals surface area contributed by atoms with Crippen LogP contribution in [0.1, 0.15) is 23.6 Å². The molecule has 0 spiro atoms. The van der Waals surface area contributed by atoms with Gasteiger partial charge in [0.2, 0.25) is 0 Å². The molecule has 2 heterocycles. The SMILES string of the molecule is CCNC(=NCc1ccc(C#N)cc1)N1CC2OCCN(Cc3ccccc3)C2C1.I. The van der Waals surface area contributed by atoms with Gasteiger partial charge in [-0.15, -0.1) is 24.0 Å². The number of hydrogen-bond acceptors (Lipinski definition) is 4. The predicted molar refractivity (Wildman–Crippen MR) is 133 cm³/mol. The summed E-state index contributed by atoms with van der Waals surface area (Å²) < 4.78 is 6.12. The van der Waals surface area contributed by atoms with Crippen molar-refractivity contribution < 1.29 is 4.74 Å². The summed E-state index contributed by atoms with van der Waals surface area (Å²) in [5, 5.41) is 12.4. The minimum atomic E-state index is 0. The number of ether oxygens (including phenoxy) is 1. The van der Waals surface area contributed by atoms with Gasteiger partial charge in [0.25, 0.3) is 0 Å². The molecule has 2 aromatic carbocycles. The van der Waals surface area contributed by atoms with Crippen LogP contribution in [0.3, 0.4) is 0 Å². The first-order valence-electron chi connectivity index (χ1n) is 10.7. The highest BCUT2D eigenvalue weighted by Crippen LogP contribution is 2.24. The van der Waals surface area contributed by atoms with Gasteiger partial charge in [-0.3, -0.25) is 4.90 Å². The Bertz CT molecular complexity index is 896. The van der Waals surface area contributed by atoms with Crippen molar-refractivity contribution in [3.8, 4) is 6.07 Å². The zero-order chi connectivity index (χ0) is 20.8. The Morgan fingerprint density at radius 1 is 1.13 bits per heavy atom. The minimum absolute atomic E-state index is 0. The molecule has 2 unspecified atom stereocenters. The van der Waals surface area contributed by atoms with Gasteiger partial charge in [0.15, 0.2) is 5.96 Å². The Morgan fingerprint density at radius 2 is 1.90 bits per heavy atom. The number of guanidine groups is 1. The predicted octanol–water partition coefficient (Wildman–Crippen LogP) is 3.23. The Labute approximate surface area is 201 Å². The van der Waals surface area contributed by atoms with Gasteiger partial charge >= 0.3 is 0 Å². The highest BCUT2D eigenvalue weighted by molar-refractivity contribution is 14.0. The standard InChI is InChI=1S/C24H29N5O.HI/c1-2-26-24(27-15-20-10-8-19(14-25)9-11-20)29-17-22-23(18-29)30-13-12-28(22)16-21-6-4-3-5-7-21;/h3-11,22-23H,2,12-13,15-18H2,1H3,(H,26,27);1H. The molecule has 31 heavy (non-hydrogen) atoms. The van der Waals surface area contributed by atoms with Crippen LogP contribution in [0, 0.1) is 11.3 Å². The molecular formula is C24H30IN5O. The van der Waals surface area contributed by atoms with Gasteiger partial charge in [-0.25, -0.2) is 4.99 Å². The third-order valence-corrected chi connectivity index (χ3v) is 5.77. The Kier molecular flexibility index (Phi) is 8.69. The van der Waals surface area contributed by atoms with Crippen molar-refractivity contribution in [1.29, 1.82) is 5.26 Å². The van der Waals surface area contributed by atoms with Gasteiger partial charge < -0.3 is 15.0 Å². The van der Waals surface area contributed by atoms with Crippen LogP contribution in [0.5, 0.6) is 0 Å². The number of benzene rings is 2. The fourth-order valence-corrected chi connectivity index (χ4v) is 4.22. The van der Waals surface area contributed by atoms with E-state index < -0.39 is 0 Å². The molecule has 2 atom stereocenters. The van der Waals surface area contributed by atoms with Crippen LogP contribution in [-0.2, 0) is 17.8 Å². The van der Waals surface area contributed by atoms with E-state index in [-0.39, 0.29) is 30.1 Å². The summed E-state index contributed by atoms with van der Waals surface area (Å²) >= 11 is 0. The normalized spacial score (nSPS) is 21.2. The van der Waals surface area contributed by atoms with E-state index in [4.69, 9.17) is 15.0 Å². The van der Waals surface area contributed by atoms with Crippen LogP contribution in [0.15, 0.2) is 59.6 Å². The van der Waals surface area contributed by atoms with Crippen LogP contribution in [-0.4, -0.2) is 60.7 Å². The average Bonchev–Trinajstić information content (AvgIpc) is 3.23. The smallest absolute Gasteiger partial charge is 0.194 e. The first-order valence-corrected chi connectivity index (χ1v) is 10.7. The van der Waals surface area contributed by atoms with E-state index in [0.29, 0.717) is 18.2 Å². The summed E-state index contributed by atoms with van der Waals surface area (Å²) in [6.07, 6.45) is 0.209. The molecule has 0 amide bonds. The summed E-state index contributed by atoms with van der Waals surface area (Å²) in [4.78, 5) is 9.74. The number of morpholine rings is 1. The fraction of sp³-hybridized carbons (Fsp3) is 0.417. The number of nitriles is 1. The summed E-state index contributed by atoms with van der Waals surface area (Å²) in [6, 6.07) is 20.8. The lowest BCUT2D eigenvalue weighted by atomic mass is 10.1. The van der Waals surface area contributed by atoms with Crippen LogP contribution in [0.4, 0.5) is 0 Å². The zero-order valence-corrected chi connectivity index (χ0v) is 20.2. The van der Waals surface area contributed by atoms with E-state index in [1.807, 2.05) is 24.3 Å². The van der Waals surface area contributed by atoms with Crippen molar-refractivity contribution in [2.45, 2.75) is 32.2 Å². The number of likely N-dealkylation sites (tertiary alicyclic amines) is 1. The second kappa shape index (κ2) is 11.5. The van der Waals surface area contributed by atoms with E-state index in [9.17, 15) is 0 Å². The molecule has 0 aliphatic carbocycles. The third kappa shape index (κ3) is 5.97. The zero-order valence-electron chi connectivity index (χ0n) is 17.9. The van der Waals surface area contributed by atoms with Crippen LogP contribution in [0.2, 0.25) is 0 Å². The summed E-state index contributed by atoms with van der Waals surface area (Å²) in [5.74, 6) is 0.930. The van der Waals surface area contributed by atoms with E-state index in [1.165, 1.54) is 5.56 Å². The summed E-state index contributed by atoms with van der Waals surface area (Å²) in [7, 11) is 0. The number of nitrogens with zero attached hydrogens (tertiary/aromatic N) is 4. The number of hydrogen-bond donors (Lipinski definition) is 1. The minimum Gasteiger partial charge on any atom is -0.373 e. The van der Waals surface area contributed by atoms with Crippen LogP contribution in [0.25, 0.3) is 0 Å². The topological polar surface area (TPSA) is 63.9 Å². The number of aliphatic imine (C=N–C) groups is 1. The van der Waals surface area contributed by atoms with Crippen molar-refractivity contribution >= 4 is 29.9 Å². The molecule has 164 valence electrons. The molecular weight excluding hydrogens is 501 g/mol. The van der Waals surface area contributed by atoms with Crippen molar-refractivity contribution in [2.75, 3.05) is 32.8 Å². The van der Waals surface area contributed by atoms with Crippen molar-refractivity contribution in [3.05, 3.63) is 71.3 Å². The highest BCUT2D eigenvalue weighted by atomic mass is 127. The highest BCUT2D eigenvalue weighted by Gasteiger charge is 2.41. The molecule has 2 aromatic rings. The third-order valence-electron chi connectivity index (χ3n) is 5.77. The molecule has 4 rings (SSSR count). The summed E-state index contributed by atoms with van der Waals surface area (Å²) in [5.41, 5.74) is 3.12. The first kappa shape index (κ1) is 23.5. The maximum Gasteiger partial charge on any atom is 0.194 e. The van der Waals surface area contributed by atoms with Gasteiger partial charge in [0.05, 0.1) is 36.9 Å². The number of halogens is 1. The molecule has 6 nitrogen and oxygen atoms in total. The molecule has 1 N–H and O–H groups in total. The molecule has 2 aliphatic rings. The van der Waals surface area contributed by atoms with Gasteiger partial charge in [0.1, 0.15) is 0 Å². The van der Waals surface area contributed by atoms with Crippen molar-refractivity contribution in [2.24, 2.45) is 4.99 Å². The lowest BCUT2D eigenvalue weighted by molar-refractivity contribution is -0.0502. The first-order chi connectivity index (χ1) is 14.8. The van der Waals surface area contributed by atoms with Gasteiger partial charge in [-0.1, -0.05) is 42.5 Å². The van der Waals surface area contributed by atoms with E-state index in [1.54, 1.807) is 0 Å². The number of rotatable bonds is 5. The van der Waals surface area contributed by atoms with E-state index in [0.717, 1.165) is 50.9 Å². The quantitative estimate of drug-likeness (QED) is 0.365. The lowest BCUT2D eigenvalue weighted by Crippen LogP contribution is -2.50. The van der Waals surface area contributed by atoms with Crippen LogP contribution < -0.4 is 5.32 Å². The van der Waals surface area contributed by atoms with Crippen LogP contribution >= 0.6 is 24.0 Å². The van der Waals surface area contributed by atoms with E-state index >= 15 is 0 Å². The Balaban J connectivity index is 0.00000272. The van der Waals surface area contributed by atoms with Crippen molar-refractivity contribution in [1.82, 2.24) is 15.1 Å². The van der Waals surface area contributed by atoms with E-state index in [2.05, 4.69) is 58.4 Å². The Morgan fingerprint density at radius 3 is 2.61 bits per heavy atom. The fourth-order valence-electron chi connectivity index (χ4n) is 4.22. The van der Waals surface area contributed by atoms with Gasteiger partial charge in [-0.2, -0.15) is 5.26 Å². The average molecular weight is 531 g/mol. The molecule has 0 aromatic heterocycles.